The van der Waals surface area contributed by atoms with Gasteiger partial charge in [0.1, 0.15) is 29.1 Å². The number of rotatable bonds is 7. The van der Waals surface area contributed by atoms with Crippen LogP contribution in [0.3, 0.4) is 0 Å². The summed E-state index contributed by atoms with van der Waals surface area (Å²) in [6.07, 6.45) is 6.83. The fraction of sp³-hybridized carbons (Fsp3) is 0.222. The molecule has 0 N–H and O–H groups in total. The molecule has 7 heteroatoms. The van der Waals surface area contributed by atoms with Gasteiger partial charge in [-0.1, -0.05) is 30.8 Å². The first-order valence-electron chi connectivity index (χ1n) is 11.4. The van der Waals surface area contributed by atoms with Crippen molar-refractivity contribution in [1.29, 1.82) is 0 Å². The second kappa shape index (κ2) is 9.79. The quantitative estimate of drug-likeness (QED) is 0.348. The Labute approximate surface area is 198 Å². The Morgan fingerprint density at radius 2 is 1.71 bits per heavy atom. The average Bonchev–Trinajstić information content (AvgIpc) is 3.28. The Bertz CT molecular complexity index is 1290. The third-order valence-electron chi connectivity index (χ3n) is 6.07. The van der Waals surface area contributed by atoms with Crippen molar-refractivity contribution in [3.05, 3.63) is 85.8 Å². The number of fused-ring (bicyclic) bond motifs is 1. The normalized spacial score (nSPS) is 14.2. The molecule has 0 spiro atoms. The van der Waals surface area contributed by atoms with Crippen molar-refractivity contribution in [1.82, 2.24) is 19.4 Å². The maximum atomic E-state index is 11.9. The summed E-state index contributed by atoms with van der Waals surface area (Å²) >= 11 is 0. The largest absolute Gasteiger partial charge is 0.457 e. The van der Waals surface area contributed by atoms with Gasteiger partial charge in [-0.05, 0) is 55.2 Å². The molecule has 0 bridgehead atoms. The molecule has 5 rings (SSSR count). The lowest BCUT2D eigenvalue weighted by molar-refractivity contribution is -0.127. The molecule has 4 aromatic rings. The lowest BCUT2D eigenvalue weighted by Gasteiger charge is -2.31. The van der Waals surface area contributed by atoms with Crippen molar-refractivity contribution in [3.8, 4) is 23.1 Å². The molecule has 1 aliphatic rings. The van der Waals surface area contributed by atoms with E-state index in [0.29, 0.717) is 23.3 Å². The minimum Gasteiger partial charge on any atom is -0.457 e. The monoisotopic (exact) mass is 454 g/mol. The maximum Gasteiger partial charge on any atom is 0.247 e. The van der Waals surface area contributed by atoms with Crippen molar-refractivity contribution in [2.45, 2.75) is 19.4 Å². The van der Waals surface area contributed by atoms with Crippen molar-refractivity contribution in [2.75, 3.05) is 13.1 Å². The van der Waals surface area contributed by atoms with Gasteiger partial charge in [0.25, 0.3) is 0 Å². The highest BCUT2D eigenvalue weighted by Gasteiger charge is 2.23. The number of nitrogens with zero attached hydrogens (tertiary/aromatic N) is 4. The third kappa shape index (κ3) is 4.78. The second-order valence-corrected chi connectivity index (χ2v) is 8.35. The van der Waals surface area contributed by atoms with Gasteiger partial charge in [0.15, 0.2) is 0 Å². The van der Waals surface area contributed by atoms with E-state index in [1.54, 1.807) is 0 Å². The number of carbonyl (C=O) groups is 1. The Balaban J connectivity index is 1.33. The van der Waals surface area contributed by atoms with E-state index in [1.807, 2.05) is 71.8 Å². The van der Waals surface area contributed by atoms with Gasteiger partial charge in [-0.2, -0.15) is 4.98 Å². The number of benzene rings is 2. The van der Waals surface area contributed by atoms with Gasteiger partial charge in [-0.25, -0.2) is 4.98 Å². The van der Waals surface area contributed by atoms with Crippen LogP contribution in [0.15, 0.2) is 85.8 Å². The third-order valence-corrected chi connectivity index (χ3v) is 6.07. The first kappa shape index (κ1) is 21.7. The number of ether oxygens (including phenoxy) is 2. The van der Waals surface area contributed by atoms with Crippen LogP contribution < -0.4 is 9.47 Å². The molecule has 0 radical (unpaired) electrons. The molecule has 172 valence electrons. The molecule has 3 heterocycles. The number of amides is 1. The Kier molecular flexibility index (Phi) is 6.25. The number of para-hydroxylation sites is 1. The summed E-state index contributed by atoms with van der Waals surface area (Å²) in [6.45, 7) is 5.91. The summed E-state index contributed by atoms with van der Waals surface area (Å²) in [4.78, 5) is 22.6. The molecule has 1 aliphatic heterocycles. The zero-order valence-electron chi connectivity index (χ0n) is 18.8. The molecule has 0 saturated carbocycles. The molecule has 1 amide bonds. The fourth-order valence-electron chi connectivity index (χ4n) is 4.31. The predicted molar refractivity (Wildman–Crippen MR) is 130 cm³/mol. The molecular formula is C27H26N4O3. The van der Waals surface area contributed by atoms with Gasteiger partial charge in [0.05, 0.1) is 5.52 Å². The van der Waals surface area contributed by atoms with Gasteiger partial charge in [-0.3, -0.25) is 4.79 Å². The summed E-state index contributed by atoms with van der Waals surface area (Å²) < 4.78 is 14.3. The smallest absolute Gasteiger partial charge is 0.247 e. The predicted octanol–water partition coefficient (Wildman–Crippen LogP) is 5.44. The van der Waals surface area contributed by atoms with Crippen LogP contribution in [0, 0.1) is 5.92 Å². The Morgan fingerprint density at radius 3 is 2.47 bits per heavy atom. The molecule has 1 saturated heterocycles. The first-order chi connectivity index (χ1) is 16.7. The molecule has 34 heavy (non-hydrogen) atoms. The second-order valence-electron chi connectivity index (χ2n) is 8.35. The first-order valence-corrected chi connectivity index (χ1v) is 11.4. The van der Waals surface area contributed by atoms with Crippen LogP contribution in [-0.2, 0) is 11.3 Å². The number of hydrogen-bond donors (Lipinski definition) is 0. The molecule has 0 atom stereocenters. The van der Waals surface area contributed by atoms with Crippen molar-refractivity contribution < 1.29 is 14.3 Å². The summed E-state index contributed by atoms with van der Waals surface area (Å²) in [6, 6.07) is 19.1. The molecular weight excluding hydrogens is 428 g/mol. The standard InChI is InChI=1S/C27H26N4O3/c1-2-25(32)30-14-11-20(12-15-30)18-31-16-13-24-26(31)27(29-19-28-24)34-23-10-6-9-22(17-23)33-21-7-4-3-5-8-21/h2-10,13,16-17,19-20H,1,11-12,14-15,18H2. The van der Waals surface area contributed by atoms with E-state index in [1.165, 1.54) is 12.4 Å². The van der Waals surface area contributed by atoms with Crippen LogP contribution in [0.1, 0.15) is 12.8 Å². The summed E-state index contributed by atoms with van der Waals surface area (Å²) in [5.74, 6) is 3.06. The van der Waals surface area contributed by atoms with Gasteiger partial charge < -0.3 is 18.9 Å². The minimum atomic E-state index is 0.00687. The van der Waals surface area contributed by atoms with Gasteiger partial charge >= 0.3 is 0 Å². The van der Waals surface area contributed by atoms with Gasteiger partial charge in [-0.15, -0.1) is 0 Å². The number of hydrogen-bond acceptors (Lipinski definition) is 5. The summed E-state index contributed by atoms with van der Waals surface area (Å²) in [5, 5.41) is 0. The molecule has 1 fully saturated rings. The number of likely N-dealkylation sites (tertiary alicyclic amines) is 1. The molecule has 7 nitrogen and oxygen atoms in total. The Morgan fingerprint density at radius 1 is 0.971 bits per heavy atom. The lowest BCUT2D eigenvalue weighted by atomic mass is 9.96. The van der Waals surface area contributed by atoms with Crippen LogP contribution in [0.4, 0.5) is 0 Å². The molecule has 0 unspecified atom stereocenters. The Hall–Kier alpha value is -4.13. The average molecular weight is 455 g/mol. The molecule has 2 aromatic heterocycles. The summed E-state index contributed by atoms with van der Waals surface area (Å²) in [5.41, 5.74) is 1.70. The molecule has 0 aliphatic carbocycles. The maximum absolute atomic E-state index is 11.9. The number of aromatic nitrogens is 3. The fourth-order valence-corrected chi connectivity index (χ4v) is 4.31. The van der Waals surface area contributed by atoms with E-state index >= 15 is 0 Å². The number of piperidine rings is 1. The van der Waals surface area contributed by atoms with Crippen molar-refractivity contribution in [2.24, 2.45) is 5.92 Å². The van der Waals surface area contributed by atoms with Gasteiger partial charge in [0.2, 0.25) is 11.8 Å². The van der Waals surface area contributed by atoms with E-state index < -0.39 is 0 Å². The molecule has 2 aromatic carbocycles. The zero-order chi connectivity index (χ0) is 23.3. The topological polar surface area (TPSA) is 69.5 Å². The minimum absolute atomic E-state index is 0.00687. The number of carbonyl (C=O) groups excluding carboxylic acids is 1. The van der Waals surface area contributed by atoms with Crippen molar-refractivity contribution in [3.63, 3.8) is 0 Å². The zero-order valence-corrected chi connectivity index (χ0v) is 18.8. The van der Waals surface area contributed by atoms with Gasteiger partial charge in [0, 0.05) is 31.9 Å². The van der Waals surface area contributed by atoms with Crippen LogP contribution in [0.5, 0.6) is 23.1 Å². The van der Waals surface area contributed by atoms with Crippen molar-refractivity contribution >= 4 is 16.9 Å². The van der Waals surface area contributed by atoms with E-state index in [-0.39, 0.29) is 5.91 Å². The highest BCUT2D eigenvalue weighted by Crippen LogP contribution is 2.32. The lowest BCUT2D eigenvalue weighted by Crippen LogP contribution is -2.38. The highest BCUT2D eigenvalue weighted by molar-refractivity contribution is 5.87. The van der Waals surface area contributed by atoms with Crippen LogP contribution in [0.2, 0.25) is 0 Å². The van der Waals surface area contributed by atoms with E-state index in [4.69, 9.17) is 9.47 Å². The van der Waals surface area contributed by atoms with E-state index in [0.717, 1.165) is 49.3 Å². The van der Waals surface area contributed by atoms with E-state index in [9.17, 15) is 4.79 Å². The van der Waals surface area contributed by atoms with Crippen LogP contribution >= 0.6 is 0 Å². The van der Waals surface area contributed by atoms with E-state index in [2.05, 4.69) is 21.1 Å². The SMILES string of the molecule is C=CC(=O)N1CCC(Cn2ccc3ncnc(Oc4cccc(Oc5ccccc5)c4)c32)CC1. The highest BCUT2D eigenvalue weighted by atomic mass is 16.5. The van der Waals surface area contributed by atoms with Crippen LogP contribution in [0.25, 0.3) is 11.0 Å². The van der Waals surface area contributed by atoms with Crippen LogP contribution in [-0.4, -0.2) is 38.4 Å². The summed E-state index contributed by atoms with van der Waals surface area (Å²) in [7, 11) is 0.